The number of carbonyl (C=O) groups excluding carboxylic acids is 1. The van der Waals surface area contributed by atoms with E-state index in [-0.39, 0.29) is 16.4 Å². The van der Waals surface area contributed by atoms with Gasteiger partial charge < -0.3 is 15.2 Å². The number of pyridine rings is 1. The van der Waals surface area contributed by atoms with Crippen molar-refractivity contribution in [1.29, 1.82) is 0 Å². The highest BCUT2D eigenvalue weighted by Gasteiger charge is 2.29. The van der Waals surface area contributed by atoms with E-state index in [2.05, 4.69) is 15.0 Å². The zero-order valence-corrected chi connectivity index (χ0v) is 23.4. The molecule has 0 saturated heterocycles. The molecule has 3 N–H and O–H groups in total. The maximum Gasteiger partial charge on any atom is 0.265 e. The van der Waals surface area contributed by atoms with E-state index in [9.17, 15) is 18.3 Å². The first kappa shape index (κ1) is 27.4. The molecule has 0 bridgehead atoms. The summed E-state index contributed by atoms with van der Waals surface area (Å²) in [6.07, 6.45) is -0.286. The van der Waals surface area contributed by atoms with Crippen molar-refractivity contribution in [3.05, 3.63) is 132 Å². The van der Waals surface area contributed by atoms with Gasteiger partial charge in [0.1, 0.15) is 12.4 Å². The summed E-state index contributed by atoms with van der Waals surface area (Å²) in [7, 11) is -3.99. The molecule has 42 heavy (non-hydrogen) atoms. The maximum atomic E-state index is 12.8. The maximum absolute atomic E-state index is 12.8. The van der Waals surface area contributed by atoms with Crippen LogP contribution in [0.25, 0.3) is 10.9 Å². The molecule has 0 unspecified atom stereocenters. The van der Waals surface area contributed by atoms with Gasteiger partial charge in [-0.15, -0.1) is 0 Å². The van der Waals surface area contributed by atoms with Crippen LogP contribution in [0.1, 0.15) is 33.3 Å². The van der Waals surface area contributed by atoms with Crippen LogP contribution >= 0.6 is 0 Å². The van der Waals surface area contributed by atoms with Gasteiger partial charge >= 0.3 is 0 Å². The number of aliphatic hydroxyl groups is 1. The van der Waals surface area contributed by atoms with Crippen LogP contribution in [0.5, 0.6) is 5.75 Å². The molecule has 0 fully saturated rings. The number of amides is 1. The number of fused-ring (bicyclic) bond motifs is 2. The van der Waals surface area contributed by atoms with Crippen molar-refractivity contribution in [2.75, 3.05) is 11.9 Å². The van der Waals surface area contributed by atoms with Gasteiger partial charge in [0.15, 0.2) is 0 Å². The van der Waals surface area contributed by atoms with Crippen molar-refractivity contribution in [1.82, 2.24) is 9.71 Å². The Morgan fingerprint density at radius 2 is 1.74 bits per heavy atom. The number of anilines is 1. The number of rotatable bonds is 8. The normalized spacial score (nSPS) is 16.3. The van der Waals surface area contributed by atoms with Gasteiger partial charge in [0.2, 0.25) is 0 Å². The minimum atomic E-state index is -3.99. The van der Waals surface area contributed by atoms with Crippen molar-refractivity contribution < 1.29 is 23.1 Å². The van der Waals surface area contributed by atoms with Crippen LogP contribution in [0.15, 0.2) is 114 Å². The molecular formula is C33H29N3O5S. The number of aliphatic hydroxyl groups excluding tert-OH is 1. The summed E-state index contributed by atoms with van der Waals surface area (Å²) in [5.74, 6) is -0.263. The minimum Gasteiger partial charge on any atom is -0.487 e. The van der Waals surface area contributed by atoms with Crippen molar-refractivity contribution in [2.45, 2.75) is 24.0 Å². The number of aromatic nitrogens is 1. The Morgan fingerprint density at radius 3 is 2.60 bits per heavy atom. The molecule has 0 spiro atoms. The van der Waals surface area contributed by atoms with E-state index in [4.69, 9.17) is 4.74 Å². The highest BCUT2D eigenvalue weighted by atomic mass is 32.2. The Bertz CT molecular complexity index is 1860. The average Bonchev–Trinajstić information content (AvgIpc) is 3.02. The van der Waals surface area contributed by atoms with Crippen LogP contribution in [0.3, 0.4) is 0 Å². The standard InChI is InChI=1S/C33H29N3O5S/c37-32-25(18-22-7-6-9-24(17-22)33(38)36-42(39,40)28-10-2-1-3-11-28)20-34-31-16-15-27(19-29(31)32)41-21-26-14-13-23-8-4-5-12-30(23)35-26/h1-17,19,25,32,34,37H,18,20-21H2,(H,36,38)/t25-,32-/m1/s1. The van der Waals surface area contributed by atoms with Gasteiger partial charge in [-0.1, -0.05) is 54.6 Å². The third kappa shape index (κ3) is 5.97. The summed E-state index contributed by atoms with van der Waals surface area (Å²) in [6.45, 7) is 0.833. The first-order valence-electron chi connectivity index (χ1n) is 13.6. The lowest BCUT2D eigenvalue weighted by Gasteiger charge is -2.31. The molecule has 212 valence electrons. The summed E-state index contributed by atoms with van der Waals surface area (Å²) in [5.41, 5.74) is 4.33. The molecule has 1 amide bonds. The van der Waals surface area contributed by atoms with Crippen LogP contribution in [0, 0.1) is 5.92 Å². The number of para-hydroxylation sites is 1. The Hall–Kier alpha value is -4.73. The molecular weight excluding hydrogens is 550 g/mol. The number of benzene rings is 4. The molecule has 0 aliphatic carbocycles. The summed E-state index contributed by atoms with van der Waals surface area (Å²) >= 11 is 0. The number of hydrogen-bond donors (Lipinski definition) is 3. The van der Waals surface area contributed by atoms with Gasteiger partial charge in [-0.2, -0.15) is 0 Å². The van der Waals surface area contributed by atoms with Crippen LogP contribution in [-0.4, -0.2) is 31.0 Å². The molecule has 9 heteroatoms. The highest BCUT2D eigenvalue weighted by Crippen LogP contribution is 2.37. The van der Waals surface area contributed by atoms with Gasteiger partial charge in [-0.3, -0.25) is 4.79 Å². The summed E-state index contributed by atoms with van der Waals surface area (Å²) < 4.78 is 33.4. The minimum absolute atomic E-state index is 0.0152. The second kappa shape index (κ2) is 11.6. The van der Waals surface area contributed by atoms with Gasteiger partial charge in [-0.05, 0) is 66.6 Å². The van der Waals surface area contributed by atoms with Gasteiger partial charge in [-0.25, -0.2) is 18.1 Å². The van der Waals surface area contributed by atoms with Crippen molar-refractivity contribution in [3.63, 3.8) is 0 Å². The molecule has 1 aliphatic heterocycles. The SMILES string of the molecule is O=C(NS(=O)(=O)c1ccccc1)c1cccc(C[C@@H]2CNc3ccc(OCc4ccc5ccccc5n4)cc3[C@@H]2O)c1. The molecule has 2 heterocycles. The lowest BCUT2D eigenvalue weighted by Crippen LogP contribution is -2.31. The molecule has 5 aromatic rings. The van der Waals surface area contributed by atoms with Crippen LogP contribution < -0.4 is 14.8 Å². The third-order valence-electron chi connectivity index (χ3n) is 7.35. The third-order valence-corrected chi connectivity index (χ3v) is 8.70. The topological polar surface area (TPSA) is 118 Å². The lowest BCUT2D eigenvalue weighted by molar-refractivity contribution is 0.0981. The fourth-order valence-corrected chi connectivity index (χ4v) is 6.15. The molecule has 1 aromatic heterocycles. The fraction of sp³-hybridized carbons (Fsp3) is 0.152. The Balaban J connectivity index is 1.12. The predicted octanol–water partition coefficient (Wildman–Crippen LogP) is 5.25. The highest BCUT2D eigenvalue weighted by molar-refractivity contribution is 7.90. The van der Waals surface area contributed by atoms with Gasteiger partial charge in [0.25, 0.3) is 15.9 Å². The van der Waals surface area contributed by atoms with Crippen LogP contribution in [0.2, 0.25) is 0 Å². The number of ether oxygens (including phenoxy) is 1. The van der Waals surface area contributed by atoms with E-state index in [1.807, 2.05) is 60.7 Å². The first-order chi connectivity index (χ1) is 20.4. The van der Waals surface area contributed by atoms with E-state index >= 15 is 0 Å². The van der Waals surface area contributed by atoms with E-state index in [1.54, 1.807) is 36.4 Å². The van der Waals surface area contributed by atoms with Crippen LogP contribution in [0.4, 0.5) is 5.69 Å². The van der Waals surface area contributed by atoms with Crippen LogP contribution in [-0.2, 0) is 23.1 Å². The van der Waals surface area contributed by atoms with E-state index < -0.39 is 22.0 Å². The Labute approximate surface area is 244 Å². The quantitative estimate of drug-likeness (QED) is 0.230. The molecule has 6 rings (SSSR count). The van der Waals surface area contributed by atoms with E-state index in [1.165, 1.54) is 12.1 Å². The molecule has 4 aromatic carbocycles. The lowest BCUT2D eigenvalue weighted by atomic mass is 9.86. The van der Waals surface area contributed by atoms with Crippen molar-refractivity contribution in [2.24, 2.45) is 5.92 Å². The second-order valence-electron chi connectivity index (χ2n) is 10.3. The Morgan fingerprint density at radius 1 is 0.929 bits per heavy atom. The molecule has 8 nitrogen and oxygen atoms in total. The fourth-order valence-electron chi connectivity index (χ4n) is 5.15. The molecule has 1 aliphatic rings. The molecule has 0 saturated carbocycles. The van der Waals surface area contributed by atoms with Crippen molar-refractivity contribution >= 4 is 32.5 Å². The number of nitrogens with zero attached hydrogens (tertiary/aromatic N) is 1. The summed E-state index contributed by atoms with van der Waals surface area (Å²) in [6, 6.07) is 32.0. The molecule has 0 radical (unpaired) electrons. The first-order valence-corrected chi connectivity index (χ1v) is 15.1. The number of carbonyl (C=O) groups is 1. The summed E-state index contributed by atoms with van der Waals surface area (Å²) in [5, 5.41) is 15.8. The predicted molar refractivity (Wildman–Crippen MR) is 161 cm³/mol. The second-order valence-corrected chi connectivity index (χ2v) is 12.0. The smallest absolute Gasteiger partial charge is 0.265 e. The summed E-state index contributed by atoms with van der Waals surface area (Å²) in [4.78, 5) is 17.5. The van der Waals surface area contributed by atoms with E-state index in [0.717, 1.165) is 33.4 Å². The number of hydrogen-bond acceptors (Lipinski definition) is 7. The van der Waals surface area contributed by atoms with Gasteiger partial charge in [0, 0.05) is 34.7 Å². The largest absolute Gasteiger partial charge is 0.487 e. The van der Waals surface area contributed by atoms with E-state index in [0.29, 0.717) is 25.3 Å². The average molecular weight is 580 g/mol. The Kier molecular flexibility index (Phi) is 7.60. The zero-order chi connectivity index (χ0) is 29.1. The van der Waals surface area contributed by atoms with Crippen molar-refractivity contribution in [3.8, 4) is 5.75 Å². The monoisotopic (exact) mass is 579 g/mol. The zero-order valence-electron chi connectivity index (χ0n) is 22.6. The molecule has 2 atom stereocenters. The number of nitrogens with one attached hydrogen (secondary N) is 2. The number of sulfonamides is 1. The van der Waals surface area contributed by atoms with Gasteiger partial charge in [0.05, 0.1) is 22.2 Å².